The summed E-state index contributed by atoms with van der Waals surface area (Å²) in [5.74, 6) is 2.45. The molecular formula is C25H43N3. The summed E-state index contributed by atoms with van der Waals surface area (Å²) in [5, 5.41) is 7.04. The van der Waals surface area contributed by atoms with Crippen LogP contribution in [-0.2, 0) is 0 Å². The second-order valence-electron chi connectivity index (χ2n) is 9.50. The van der Waals surface area contributed by atoms with Crippen molar-refractivity contribution in [1.82, 2.24) is 15.5 Å². The number of piperidine rings is 1. The highest BCUT2D eigenvalue weighted by Gasteiger charge is 2.26. The van der Waals surface area contributed by atoms with E-state index < -0.39 is 0 Å². The first kappa shape index (κ1) is 22.6. The number of hydrogen-bond acceptors (Lipinski definition) is 3. The van der Waals surface area contributed by atoms with Gasteiger partial charge >= 0.3 is 0 Å². The van der Waals surface area contributed by atoms with E-state index in [4.69, 9.17) is 0 Å². The van der Waals surface area contributed by atoms with Gasteiger partial charge in [-0.1, -0.05) is 59.8 Å². The molecule has 0 amide bonds. The third kappa shape index (κ3) is 5.68. The van der Waals surface area contributed by atoms with Gasteiger partial charge in [0.05, 0.1) is 5.82 Å². The van der Waals surface area contributed by atoms with Crippen LogP contribution in [0.15, 0.2) is 47.2 Å². The molecule has 1 unspecified atom stereocenters. The van der Waals surface area contributed by atoms with Crippen LogP contribution in [0.4, 0.5) is 0 Å². The Bertz CT molecular complexity index is 641. The van der Waals surface area contributed by atoms with Gasteiger partial charge in [0, 0.05) is 18.8 Å². The van der Waals surface area contributed by atoms with Crippen molar-refractivity contribution in [2.24, 2.45) is 11.3 Å². The summed E-state index contributed by atoms with van der Waals surface area (Å²) < 4.78 is 0. The average Bonchev–Trinajstić information content (AvgIpc) is 2.63. The maximum absolute atomic E-state index is 4.27. The van der Waals surface area contributed by atoms with E-state index >= 15 is 0 Å². The zero-order valence-electron chi connectivity index (χ0n) is 19.3. The minimum absolute atomic E-state index is 0.447. The van der Waals surface area contributed by atoms with Crippen molar-refractivity contribution in [3.05, 3.63) is 47.2 Å². The highest BCUT2D eigenvalue weighted by atomic mass is 15.3. The van der Waals surface area contributed by atoms with Gasteiger partial charge in [-0.2, -0.15) is 0 Å². The second kappa shape index (κ2) is 9.71. The van der Waals surface area contributed by atoms with E-state index in [1.165, 1.54) is 48.9 Å². The van der Waals surface area contributed by atoms with Crippen molar-refractivity contribution in [3.63, 3.8) is 0 Å². The Kier molecular flexibility index (Phi) is 7.86. The Labute approximate surface area is 174 Å². The van der Waals surface area contributed by atoms with Crippen LogP contribution >= 0.6 is 0 Å². The van der Waals surface area contributed by atoms with Gasteiger partial charge in [0.2, 0.25) is 0 Å². The molecule has 0 radical (unpaired) electrons. The van der Waals surface area contributed by atoms with Crippen LogP contribution in [0.2, 0.25) is 0 Å². The largest absolute Gasteiger partial charge is 0.359 e. The van der Waals surface area contributed by atoms with Gasteiger partial charge in [0.1, 0.15) is 5.82 Å². The molecular weight excluding hydrogens is 342 g/mol. The molecule has 2 aliphatic rings. The van der Waals surface area contributed by atoms with Gasteiger partial charge in [-0.3, -0.25) is 0 Å². The molecule has 3 nitrogen and oxygen atoms in total. The predicted molar refractivity (Wildman–Crippen MR) is 122 cm³/mol. The summed E-state index contributed by atoms with van der Waals surface area (Å²) in [6.07, 6.45) is 8.38. The molecule has 2 N–H and O–H groups in total. The summed E-state index contributed by atoms with van der Waals surface area (Å²) in [6.45, 7) is 24.6. The lowest BCUT2D eigenvalue weighted by molar-refractivity contribution is 0.157. The van der Waals surface area contributed by atoms with Crippen molar-refractivity contribution < 1.29 is 0 Å². The molecule has 0 aromatic carbocycles. The maximum Gasteiger partial charge on any atom is 0.101 e. The topological polar surface area (TPSA) is 27.3 Å². The van der Waals surface area contributed by atoms with E-state index in [0.29, 0.717) is 11.3 Å². The Morgan fingerprint density at radius 3 is 2.36 bits per heavy atom. The van der Waals surface area contributed by atoms with Crippen LogP contribution in [0.25, 0.3) is 0 Å². The van der Waals surface area contributed by atoms with Crippen molar-refractivity contribution in [2.45, 2.75) is 86.5 Å². The summed E-state index contributed by atoms with van der Waals surface area (Å²) in [5.41, 5.74) is 6.29. The lowest BCUT2D eigenvalue weighted by atomic mass is 9.81. The number of allylic oxidation sites excluding steroid dienone is 3. The number of hydrogen-bond donors (Lipinski definition) is 2. The van der Waals surface area contributed by atoms with Gasteiger partial charge in [-0.25, -0.2) is 0 Å². The van der Waals surface area contributed by atoms with Crippen LogP contribution < -0.4 is 10.6 Å². The quantitative estimate of drug-likeness (QED) is 0.478. The van der Waals surface area contributed by atoms with Crippen LogP contribution in [-0.4, -0.2) is 18.0 Å². The Morgan fingerprint density at radius 2 is 1.79 bits per heavy atom. The lowest BCUT2D eigenvalue weighted by Crippen LogP contribution is -2.41. The van der Waals surface area contributed by atoms with Crippen molar-refractivity contribution in [3.8, 4) is 0 Å². The van der Waals surface area contributed by atoms with Gasteiger partial charge < -0.3 is 15.5 Å². The standard InChI is InChI=1S/C25H43N3/c1-9-11-18(3)23-13-12-22(10-2)24(19(23)4)27-20(5)26-21(6)28-16-14-25(7,8)15-17-28/h18,26-27H,5-6,9-17H2,1-4,7-8H3. The van der Waals surface area contributed by atoms with Gasteiger partial charge in [-0.05, 0) is 67.9 Å². The summed E-state index contributed by atoms with van der Waals surface area (Å²) in [6, 6.07) is 0. The van der Waals surface area contributed by atoms with Crippen LogP contribution in [0.5, 0.6) is 0 Å². The first-order chi connectivity index (χ1) is 13.2. The maximum atomic E-state index is 4.27. The first-order valence-corrected chi connectivity index (χ1v) is 11.3. The van der Waals surface area contributed by atoms with Crippen molar-refractivity contribution in [1.29, 1.82) is 0 Å². The highest BCUT2D eigenvalue weighted by molar-refractivity contribution is 5.42. The molecule has 1 aliphatic heterocycles. The molecule has 1 aliphatic carbocycles. The van der Waals surface area contributed by atoms with Crippen LogP contribution in [0.3, 0.4) is 0 Å². The SMILES string of the molecule is C=C(NC(=C)N1CCC(C)(C)CC1)NC1=C(CC)CCC(C(C)CCC)=C1C. The highest BCUT2D eigenvalue weighted by Crippen LogP contribution is 2.36. The summed E-state index contributed by atoms with van der Waals surface area (Å²) >= 11 is 0. The van der Waals surface area contributed by atoms with E-state index in [2.05, 4.69) is 70.2 Å². The zero-order valence-corrected chi connectivity index (χ0v) is 19.3. The van der Waals surface area contributed by atoms with E-state index in [-0.39, 0.29) is 0 Å². The molecule has 1 saturated heterocycles. The molecule has 2 rings (SSSR count). The minimum atomic E-state index is 0.447. The number of nitrogens with zero attached hydrogens (tertiary/aromatic N) is 1. The van der Waals surface area contributed by atoms with Crippen molar-refractivity contribution >= 4 is 0 Å². The molecule has 28 heavy (non-hydrogen) atoms. The van der Waals surface area contributed by atoms with Crippen LogP contribution in [0, 0.1) is 11.3 Å². The molecule has 1 atom stereocenters. The zero-order chi connectivity index (χ0) is 20.9. The Hall–Kier alpha value is -1.64. The lowest BCUT2D eigenvalue weighted by Gasteiger charge is -2.39. The van der Waals surface area contributed by atoms with E-state index in [0.717, 1.165) is 37.6 Å². The molecule has 1 heterocycles. The predicted octanol–water partition coefficient (Wildman–Crippen LogP) is 6.44. The summed E-state index contributed by atoms with van der Waals surface area (Å²) in [7, 11) is 0. The van der Waals surface area contributed by atoms with Crippen LogP contribution in [0.1, 0.15) is 86.5 Å². The van der Waals surface area contributed by atoms with Gasteiger partial charge in [-0.15, -0.1) is 0 Å². The molecule has 158 valence electrons. The molecule has 0 bridgehead atoms. The average molecular weight is 386 g/mol. The normalized spacial score (nSPS) is 20.9. The fraction of sp³-hybridized carbons (Fsp3) is 0.680. The van der Waals surface area contributed by atoms with E-state index in [1.807, 2.05) is 0 Å². The number of likely N-dealkylation sites (tertiary alicyclic amines) is 1. The number of nitrogens with one attached hydrogen (secondary N) is 2. The summed E-state index contributed by atoms with van der Waals surface area (Å²) in [4.78, 5) is 2.35. The molecule has 3 heteroatoms. The molecule has 0 spiro atoms. The Balaban J connectivity index is 2.04. The monoisotopic (exact) mass is 385 g/mol. The minimum Gasteiger partial charge on any atom is -0.359 e. The van der Waals surface area contributed by atoms with Crippen molar-refractivity contribution in [2.75, 3.05) is 13.1 Å². The van der Waals surface area contributed by atoms with Gasteiger partial charge in [0.15, 0.2) is 0 Å². The Morgan fingerprint density at radius 1 is 1.14 bits per heavy atom. The van der Waals surface area contributed by atoms with E-state index in [1.54, 1.807) is 5.57 Å². The molecule has 0 aromatic heterocycles. The smallest absolute Gasteiger partial charge is 0.101 e. The second-order valence-corrected chi connectivity index (χ2v) is 9.50. The third-order valence-corrected chi connectivity index (χ3v) is 6.72. The third-order valence-electron chi connectivity index (χ3n) is 6.72. The van der Waals surface area contributed by atoms with E-state index in [9.17, 15) is 0 Å². The fourth-order valence-corrected chi connectivity index (χ4v) is 4.60. The molecule has 0 aromatic rings. The van der Waals surface area contributed by atoms with Gasteiger partial charge in [0.25, 0.3) is 0 Å². The molecule has 0 saturated carbocycles. The fourth-order valence-electron chi connectivity index (χ4n) is 4.60. The number of rotatable bonds is 9. The first-order valence-electron chi connectivity index (χ1n) is 11.3. The molecule has 1 fully saturated rings.